The van der Waals surface area contributed by atoms with Crippen molar-refractivity contribution in [1.82, 2.24) is 4.90 Å². The highest BCUT2D eigenvalue weighted by molar-refractivity contribution is 5.94. The first-order chi connectivity index (χ1) is 15.2. The molecule has 3 rings (SSSR count). The SMILES string of the molecule is O=C(c1ccc(C(F)(F)F)cc1)N(Cc1cc(C(F)(F)F)cc(C(F)(F)F)c1)C1CCCC1. The van der Waals surface area contributed by atoms with E-state index in [9.17, 15) is 44.3 Å². The van der Waals surface area contributed by atoms with Gasteiger partial charge in [0.2, 0.25) is 0 Å². The Morgan fingerprint density at radius 3 is 1.61 bits per heavy atom. The number of amides is 1. The van der Waals surface area contributed by atoms with E-state index in [0.717, 1.165) is 17.0 Å². The molecule has 0 aromatic heterocycles. The summed E-state index contributed by atoms with van der Waals surface area (Å²) in [4.78, 5) is 14.2. The molecule has 2 aromatic rings. The van der Waals surface area contributed by atoms with E-state index in [2.05, 4.69) is 0 Å². The summed E-state index contributed by atoms with van der Waals surface area (Å²) in [7, 11) is 0. The molecular formula is C22H18F9NO. The zero-order valence-corrected chi connectivity index (χ0v) is 16.9. The maximum atomic E-state index is 13.2. The number of benzene rings is 2. The number of halogens is 9. The van der Waals surface area contributed by atoms with Crippen LogP contribution < -0.4 is 0 Å². The summed E-state index contributed by atoms with van der Waals surface area (Å²) in [5, 5.41) is 0. The smallest absolute Gasteiger partial charge is 0.331 e. The summed E-state index contributed by atoms with van der Waals surface area (Å²) in [5.74, 6) is -0.762. The summed E-state index contributed by atoms with van der Waals surface area (Å²) in [5.41, 5.74) is -4.50. The first-order valence-electron chi connectivity index (χ1n) is 9.93. The normalized spacial score (nSPS) is 15.7. The molecule has 0 spiro atoms. The van der Waals surface area contributed by atoms with Crippen molar-refractivity contribution in [2.75, 3.05) is 0 Å². The fourth-order valence-corrected chi connectivity index (χ4v) is 3.86. The van der Waals surface area contributed by atoms with Crippen LogP contribution in [0.1, 0.15) is 58.3 Å². The van der Waals surface area contributed by atoms with E-state index in [1.54, 1.807) is 0 Å². The lowest BCUT2D eigenvalue weighted by atomic mass is 10.0. The van der Waals surface area contributed by atoms with Gasteiger partial charge in [0.25, 0.3) is 5.91 Å². The molecule has 0 unspecified atom stereocenters. The Labute approximate surface area is 183 Å². The third-order valence-electron chi connectivity index (χ3n) is 5.49. The molecule has 0 N–H and O–H groups in total. The fraction of sp³-hybridized carbons (Fsp3) is 0.409. The van der Waals surface area contributed by atoms with E-state index in [4.69, 9.17) is 0 Å². The van der Waals surface area contributed by atoms with Gasteiger partial charge in [-0.1, -0.05) is 12.8 Å². The molecule has 0 heterocycles. The van der Waals surface area contributed by atoms with Crippen molar-refractivity contribution >= 4 is 5.91 Å². The van der Waals surface area contributed by atoms with E-state index in [1.807, 2.05) is 0 Å². The largest absolute Gasteiger partial charge is 0.416 e. The van der Waals surface area contributed by atoms with Crippen molar-refractivity contribution in [3.8, 4) is 0 Å². The average molecular weight is 483 g/mol. The van der Waals surface area contributed by atoms with E-state index in [-0.39, 0.29) is 17.2 Å². The molecular weight excluding hydrogens is 465 g/mol. The molecule has 0 atom stereocenters. The summed E-state index contributed by atoms with van der Waals surface area (Å²) in [6.07, 6.45) is -12.3. The lowest BCUT2D eigenvalue weighted by molar-refractivity contribution is -0.143. The lowest BCUT2D eigenvalue weighted by Gasteiger charge is -2.30. The molecule has 33 heavy (non-hydrogen) atoms. The highest BCUT2D eigenvalue weighted by atomic mass is 19.4. The Balaban J connectivity index is 1.98. The Hall–Kier alpha value is -2.72. The first kappa shape index (κ1) is 24.9. The van der Waals surface area contributed by atoms with Crippen molar-refractivity contribution in [1.29, 1.82) is 0 Å². The van der Waals surface area contributed by atoms with E-state index >= 15 is 0 Å². The average Bonchev–Trinajstić information content (AvgIpc) is 3.24. The predicted octanol–water partition coefficient (Wildman–Crippen LogP) is 7.33. The fourth-order valence-electron chi connectivity index (χ4n) is 3.86. The molecule has 180 valence electrons. The molecule has 11 heteroatoms. The number of hydrogen-bond donors (Lipinski definition) is 0. The van der Waals surface area contributed by atoms with Crippen molar-refractivity contribution in [3.05, 3.63) is 70.3 Å². The zero-order valence-electron chi connectivity index (χ0n) is 16.9. The molecule has 2 aromatic carbocycles. The minimum atomic E-state index is -5.04. The van der Waals surface area contributed by atoms with Gasteiger partial charge in [0.05, 0.1) is 16.7 Å². The number of rotatable bonds is 4. The first-order valence-corrected chi connectivity index (χ1v) is 9.93. The van der Waals surface area contributed by atoms with Crippen LogP contribution in [0.5, 0.6) is 0 Å². The van der Waals surface area contributed by atoms with Crippen molar-refractivity contribution in [2.24, 2.45) is 0 Å². The minimum absolute atomic E-state index is 0.00108. The van der Waals surface area contributed by atoms with Crippen molar-refractivity contribution in [2.45, 2.75) is 56.8 Å². The monoisotopic (exact) mass is 483 g/mol. The molecule has 1 aliphatic carbocycles. The Morgan fingerprint density at radius 2 is 1.18 bits per heavy atom. The molecule has 0 bridgehead atoms. The van der Waals surface area contributed by atoms with Crippen LogP contribution in [0, 0.1) is 0 Å². The maximum absolute atomic E-state index is 13.2. The molecule has 0 aliphatic heterocycles. The minimum Gasteiger partial charge on any atom is -0.331 e. The molecule has 1 aliphatic rings. The van der Waals surface area contributed by atoms with Gasteiger partial charge in [-0.3, -0.25) is 4.79 Å². The Morgan fingerprint density at radius 1 is 0.727 bits per heavy atom. The quantitative estimate of drug-likeness (QED) is 0.417. The van der Waals surface area contributed by atoms with Crippen LogP contribution in [0.25, 0.3) is 0 Å². The molecule has 1 saturated carbocycles. The van der Waals surface area contributed by atoms with Crippen LogP contribution in [-0.2, 0) is 25.1 Å². The number of carbonyl (C=O) groups excluding carboxylic acids is 1. The molecule has 2 nitrogen and oxygen atoms in total. The van der Waals surface area contributed by atoms with Gasteiger partial charge < -0.3 is 4.90 Å². The molecule has 1 fully saturated rings. The van der Waals surface area contributed by atoms with Crippen molar-refractivity contribution < 1.29 is 44.3 Å². The van der Waals surface area contributed by atoms with Crippen LogP contribution >= 0.6 is 0 Å². The third kappa shape index (κ3) is 6.00. The third-order valence-corrected chi connectivity index (χ3v) is 5.49. The van der Waals surface area contributed by atoms with Gasteiger partial charge in [0, 0.05) is 18.2 Å². The van der Waals surface area contributed by atoms with Gasteiger partial charge in [-0.05, 0) is 60.9 Å². The van der Waals surface area contributed by atoms with Crippen LogP contribution in [0.15, 0.2) is 42.5 Å². The summed E-state index contributed by atoms with van der Waals surface area (Å²) < 4.78 is 118. The summed E-state index contributed by atoms with van der Waals surface area (Å²) in [6, 6.07) is 3.94. The van der Waals surface area contributed by atoms with E-state index in [1.165, 1.54) is 0 Å². The van der Waals surface area contributed by atoms with Gasteiger partial charge in [-0.15, -0.1) is 0 Å². The van der Waals surface area contributed by atoms with Gasteiger partial charge in [-0.25, -0.2) is 0 Å². The van der Waals surface area contributed by atoms with E-state index in [0.29, 0.717) is 49.9 Å². The van der Waals surface area contributed by atoms with Crippen molar-refractivity contribution in [3.63, 3.8) is 0 Å². The summed E-state index contributed by atoms with van der Waals surface area (Å²) in [6.45, 7) is -0.544. The van der Waals surface area contributed by atoms with Gasteiger partial charge in [0.15, 0.2) is 0 Å². The Bertz CT molecular complexity index is 953. The van der Waals surface area contributed by atoms with Crippen LogP contribution in [-0.4, -0.2) is 16.8 Å². The van der Waals surface area contributed by atoms with Gasteiger partial charge in [-0.2, -0.15) is 39.5 Å². The second-order valence-corrected chi connectivity index (χ2v) is 7.86. The number of hydrogen-bond acceptors (Lipinski definition) is 1. The van der Waals surface area contributed by atoms with E-state index < -0.39 is 53.7 Å². The van der Waals surface area contributed by atoms with Gasteiger partial charge in [0.1, 0.15) is 0 Å². The molecule has 0 radical (unpaired) electrons. The zero-order chi connectivity index (χ0) is 24.6. The van der Waals surface area contributed by atoms with Crippen LogP contribution in [0.3, 0.4) is 0 Å². The number of carbonyl (C=O) groups is 1. The second kappa shape index (κ2) is 8.90. The van der Waals surface area contributed by atoms with Crippen LogP contribution in [0.4, 0.5) is 39.5 Å². The topological polar surface area (TPSA) is 20.3 Å². The maximum Gasteiger partial charge on any atom is 0.416 e. The lowest BCUT2D eigenvalue weighted by Crippen LogP contribution is -2.38. The van der Waals surface area contributed by atoms with Crippen LogP contribution in [0.2, 0.25) is 0 Å². The standard InChI is InChI=1S/C22H18F9NO/c23-20(24,25)15-7-5-14(6-8-15)19(33)32(18-3-1-2-4-18)12-13-9-16(21(26,27)28)11-17(10-13)22(29,30)31/h5-11,18H,1-4,12H2. The number of nitrogens with zero attached hydrogens (tertiary/aromatic N) is 1. The molecule has 1 amide bonds. The Kier molecular flexibility index (Phi) is 6.72. The van der Waals surface area contributed by atoms with Gasteiger partial charge >= 0.3 is 18.5 Å². The highest BCUT2D eigenvalue weighted by Crippen LogP contribution is 2.37. The predicted molar refractivity (Wildman–Crippen MR) is 100 cm³/mol. The second-order valence-electron chi connectivity index (χ2n) is 7.86. The highest BCUT2D eigenvalue weighted by Gasteiger charge is 2.38. The number of alkyl halides is 9. The summed E-state index contributed by atoms with van der Waals surface area (Å²) >= 11 is 0. The molecule has 0 saturated heterocycles.